The van der Waals surface area contributed by atoms with E-state index in [9.17, 15) is 4.79 Å². The van der Waals surface area contributed by atoms with Gasteiger partial charge in [-0.3, -0.25) is 4.79 Å². The number of carbonyl (C=O) groups excluding carboxylic acids is 1. The van der Waals surface area contributed by atoms with Crippen molar-refractivity contribution in [2.24, 2.45) is 0 Å². The largest absolute Gasteiger partial charge is 0.486 e. The first-order valence-corrected chi connectivity index (χ1v) is 7.65. The lowest BCUT2D eigenvalue weighted by Crippen LogP contribution is -2.21. The van der Waals surface area contributed by atoms with Gasteiger partial charge in [-0.25, -0.2) is 0 Å². The first-order valence-electron chi connectivity index (χ1n) is 6.89. The number of fused-ring (bicyclic) bond motifs is 1. The van der Waals surface area contributed by atoms with Gasteiger partial charge < -0.3 is 19.5 Å². The SMILES string of the molecule is O=C(COc1cc(Cl)ccc1Cl)Nc1ccc2c(c1)OCCO2. The minimum atomic E-state index is -0.322. The van der Waals surface area contributed by atoms with Crippen molar-refractivity contribution >= 4 is 34.8 Å². The van der Waals surface area contributed by atoms with E-state index < -0.39 is 0 Å². The van der Waals surface area contributed by atoms with Crippen molar-refractivity contribution in [1.82, 2.24) is 0 Å². The second kappa shape index (κ2) is 6.98. The Balaban J connectivity index is 1.60. The topological polar surface area (TPSA) is 56.8 Å². The summed E-state index contributed by atoms with van der Waals surface area (Å²) in [6, 6.07) is 10.0. The van der Waals surface area contributed by atoms with E-state index in [0.29, 0.717) is 46.2 Å². The molecular weight excluding hydrogens is 341 g/mol. The molecule has 3 rings (SSSR count). The van der Waals surface area contributed by atoms with Crippen molar-refractivity contribution in [2.45, 2.75) is 0 Å². The van der Waals surface area contributed by atoms with Gasteiger partial charge in [0, 0.05) is 22.8 Å². The van der Waals surface area contributed by atoms with Gasteiger partial charge in [0.15, 0.2) is 18.1 Å². The molecule has 0 aliphatic carbocycles. The number of amides is 1. The lowest BCUT2D eigenvalue weighted by molar-refractivity contribution is -0.118. The third-order valence-corrected chi connectivity index (χ3v) is 3.63. The fourth-order valence-electron chi connectivity index (χ4n) is 2.05. The van der Waals surface area contributed by atoms with Crippen LogP contribution >= 0.6 is 23.2 Å². The van der Waals surface area contributed by atoms with E-state index in [-0.39, 0.29) is 12.5 Å². The van der Waals surface area contributed by atoms with Gasteiger partial charge in [-0.05, 0) is 24.3 Å². The first kappa shape index (κ1) is 15.8. The number of benzene rings is 2. The van der Waals surface area contributed by atoms with Gasteiger partial charge in [0.05, 0.1) is 5.02 Å². The molecule has 7 heteroatoms. The summed E-state index contributed by atoms with van der Waals surface area (Å²) in [7, 11) is 0. The third-order valence-electron chi connectivity index (χ3n) is 3.08. The summed E-state index contributed by atoms with van der Waals surface area (Å²) >= 11 is 11.8. The molecule has 0 aromatic heterocycles. The van der Waals surface area contributed by atoms with Crippen molar-refractivity contribution in [3.63, 3.8) is 0 Å². The Hall–Kier alpha value is -2.11. The van der Waals surface area contributed by atoms with E-state index >= 15 is 0 Å². The summed E-state index contributed by atoms with van der Waals surface area (Å²) in [6.45, 7) is 0.822. The average Bonchev–Trinajstić information content (AvgIpc) is 2.55. The summed E-state index contributed by atoms with van der Waals surface area (Å²) in [5.74, 6) is 1.30. The Kier molecular flexibility index (Phi) is 4.79. The maximum atomic E-state index is 12.0. The van der Waals surface area contributed by atoms with Crippen molar-refractivity contribution in [1.29, 1.82) is 0 Å². The Labute approximate surface area is 143 Å². The van der Waals surface area contributed by atoms with E-state index in [0.717, 1.165) is 0 Å². The maximum absolute atomic E-state index is 12.0. The number of rotatable bonds is 4. The highest BCUT2D eigenvalue weighted by Gasteiger charge is 2.13. The molecule has 2 aromatic rings. The molecule has 1 heterocycles. The van der Waals surface area contributed by atoms with Crippen LogP contribution in [0.1, 0.15) is 0 Å². The van der Waals surface area contributed by atoms with Gasteiger partial charge in [-0.2, -0.15) is 0 Å². The molecule has 0 spiro atoms. The van der Waals surface area contributed by atoms with Crippen LogP contribution in [-0.2, 0) is 4.79 Å². The molecule has 120 valence electrons. The Bertz CT molecular complexity index is 736. The second-order valence-corrected chi connectivity index (χ2v) is 5.61. The summed E-state index contributed by atoms with van der Waals surface area (Å²) in [5.41, 5.74) is 0.597. The van der Waals surface area contributed by atoms with Crippen LogP contribution in [0.5, 0.6) is 17.2 Å². The average molecular weight is 354 g/mol. The van der Waals surface area contributed by atoms with Crippen LogP contribution in [0, 0.1) is 0 Å². The summed E-state index contributed by atoms with van der Waals surface area (Å²) in [5, 5.41) is 3.59. The van der Waals surface area contributed by atoms with Gasteiger partial charge in [-0.1, -0.05) is 23.2 Å². The van der Waals surface area contributed by atoms with Crippen molar-refractivity contribution < 1.29 is 19.0 Å². The van der Waals surface area contributed by atoms with E-state index in [2.05, 4.69) is 5.32 Å². The van der Waals surface area contributed by atoms with Crippen LogP contribution in [0.15, 0.2) is 36.4 Å². The quantitative estimate of drug-likeness (QED) is 0.908. The maximum Gasteiger partial charge on any atom is 0.262 e. The molecule has 0 radical (unpaired) electrons. The highest BCUT2D eigenvalue weighted by atomic mass is 35.5. The number of halogens is 2. The van der Waals surface area contributed by atoms with E-state index in [1.807, 2.05) is 0 Å². The third kappa shape index (κ3) is 4.00. The number of ether oxygens (including phenoxy) is 3. The number of carbonyl (C=O) groups is 1. The lowest BCUT2D eigenvalue weighted by atomic mass is 10.2. The summed E-state index contributed by atoms with van der Waals surface area (Å²) in [4.78, 5) is 12.0. The fourth-order valence-corrected chi connectivity index (χ4v) is 2.38. The molecule has 0 saturated heterocycles. The Morgan fingerprint density at radius 1 is 1.09 bits per heavy atom. The molecule has 5 nitrogen and oxygen atoms in total. The molecule has 1 aliphatic rings. The molecule has 0 unspecified atom stereocenters. The fraction of sp³-hybridized carbons (Fsp3) is 0.188. The second-order valence-electron chi connectivity index (χ2n) is 4.77. The van der Waals surface area contributed by atoms with Crippen molar-refractivity contribution in [2.75, 3.05) is 25.1 Å². The van der Waals surface area contributed by atoms with E-state index in [4.69, 9.17) is 37.4 Å². The molecule has 1 aliphatic heterocycles. The van der Waals surface area contributed by atoms with Gasteiger partial charge in [-0.15, -0.1) is 0 Å². The summed E-state index contributed by atoms with van der Waals surface area (Å²) in [6.07, 6.45) is 0. The smallest absolute Gasteiger partial charge is 0.262 e. The molecule has 1 N–H and O–H groups in total. The monoisotopic (exact) mass is 353 g/mol. The van der Waals surface area contributed by atoms with Gasteiger partial charge in [0.25, 0.3) is 5.91 Å². The van der Waals surface area contributed by atoms with Gasteiger partial charge in [0.2, 0.25) is 0 Å². The van der Waals surface area contributed by atoms with Gasteiger partial charge in [0.1, 0.15) is 19.0 Å². The molecular formula is C16H13Cl2NO4. The van der Waals surface area contributed by atoms with E-state index in [1.54, 1.807) is 36.4 Å². The lowest BCUT2D eigenvalue weighted by Gasteiger charge is -2.19. The Morgan fingerprint density at radius 2 is 1.87 bits per heavy atom. The minimum absolute atomic E-state index is 0.186. The number of hydrogen-bond donors (Lipinski definition) is 1. The van der Waals surface area contributed by atoms with Gasteiger partial charge >= 0.3 is 0 Å². The van der Waals surface area contributed by atoms with Crippen molar-refractivity contribution in [3.8, 4) is 17.2 Å². The number of nitrogens with one attached hydrogen (secondary N) is 1. The molecule has 23 heavy (non-hydrogen) atoms. The van der Waals surface area contributed by atoms with Crippen LogP contribution in [0.25, 0.3) is 0 Å². The Morgan fingerprint density at radius 3 is 2.70 bits per heavy atom. The molecule has 0 atom stereocenters. The van der Waals surface area contributed by atoms with Crippen molar-refractivity contribution in [3.05, 3.63) is 46.4 Å². The first-order chi connectivity index (χ1) is 11.1. The molecule has 1 amide bonds. The van der Waals surface area contributed by atoms with Crippen LogP contribution < -0.4 is 19.5 Å². The normalized spacial score (nSPS) is 12.6. The zero-order chi connectivity index (χ0) is 16.2. The predicted octanol–water partition coefficient (Wildman–Crippen LogP) is 3.78. The summed E-state index contributed by atoms with van der Waals surface area (Å²) < 4.78 is 16.3. The zero-order valence-corrected chi connectivity index (χ0v) is 13.5. The molecule has 0 bridgehead atoms. The highest BCUT2D eigenvalue weighted by Crippen LogP contribution is 2.32. The van der Waals surface area contributed by atoms with Crippen LogP contribution in [0.4, 0.5) is 5.69 Å². The zero-order valence-electron chi connectivity index (χ0n) is 12.0. The number of anilines is 1. The predicted molar refractivity (Wildman–Crippen MR) is 88.0 cm³/mol. The highest BCUT2D eigenvalue weighted by molar-refractivity contribution is 6.34. The molecule has 0 fully saturated rings. The number of hydrogen-bond acceptors (Lipinski definition) is 4. The van der Waals surface area contributed by atoms with E-state index in [1.165, 1.54) is 0 Å². The standard InChI is InChI=1S/C16H13Cl2NO4/c17-10-1-3-12(18)14(7-10)23-9-16(20)19-11-2-4-13-15(8-11)22-6-5-21-13/h1-4,7-8H,5-6,9H2,(H,19,20). The molecule has 0 saturated carbocycles. The van der Waals surface area contributed by atoms with Crippen LogP contribution in [0.3, 0.4) is 0 Å². The van der Waals surface area contributed by atoms with Crippen LogP contribution in [-0.4, -0.2) is 25.7 Å². The molecule has 2 aromatic carbocycles. The minimum Gasteiger partial charge on any atom is -0.486 e. The van der Waals surface area contributed by atoms with Crippen LogP contribution in [0.2, 0.25) is 10.0 Å².